The molecule has 2 atom stereocenters. The van der Waals surface area contributed by atoms with Crippen molar-refractivity contribution >= 4 is 17.5 Å². The number of halogens is 1. The maximum Gasteiger partial charge on any atom is 0.256 e. The Kier molecular flexibility index (Phi) is 4.25. The molecular weight excluding hydrogens is 374 g/mol. The number of carbonyl (C=O) groups excluding carboxylic acids is 1. The Morgan fingerprint density at radius 1 is 1.18 bits per heavy atom. The van der Waals surface area contributed by atoms with Crippen LogP contribution in [0.5, 0.6) is 5.75 Å². The third-order valence-electron chi connectivity index (χ3n) is 6.45. The lowest BCUT2D eigenvalue weighted by atomic mass is 10.0. The quantitative estimate of drug-likeness (QED) is 0.783. The Morgan fingerprint density at radius 3 is 2.64 bits per heavy atom. The highest BCUT2D eigenvalue weighted by Crippen LogP contribution is 2.47. The molecule has 2 saturated carbocycles. The zero-order valence-corrected chi connectivity index (χ0v) is 16.1. The van der Waals surface area contributed by atoms with E-state index >= 15 is 0 Å². The summed E-state index contributed by atoms with van der Waals surface area (Å²) in [5.74, 6) is 2.04. The summed E-state index contributed by atoms with van der Waals surface area (Å²) in [6.07, 6.45) is 6.03. The molecular formula is C22H20ClN3O2. The number of nitriles is 1. The second kappa shape index (κ2) is 6.79. The van der Waals surface area contributed by atoms with Crippen molar-refractivity contribution in [2.24, 2.45) is 11.8 Å². The van der Waals surface area contributed by atoms with Gasteiger partial charge in [0.15, 0.2) is 0 Å². The van der Waals surface area contributed by atoms with Crippen LogP contribution in [0.25, 0.3) is 0 Å². The average Bonchev–Trinajstić information content (AvgIpc) is 3.34. The van der Waals surface area contributed by atoms with E-state index in [1.54, 1.807) is 18.3 Å². The first-order valence-corrected chi connectivity index (χ1v) is 10.1. The van der Waals surface area contributed by atoms with Crippen molar-refractivity contribution in [2.75, 3.05) is 0 Å². The third-order valence-corrected chi connectivity index (χ3v) is 6.77. The molecule has 0 spiro atoms. The van der Waals surface area contributed by atoms with Crippen LogP contribution in [0.4, 0.5) is 0 Å². The Hall–Kier alpha value is -2.58. The number of pyridine rings is 1. The minimum Gasteiger partial charge on any atom is -0.490 e. The van der Waals surface area contributed by atoms with Crippen LogP contribution in [0.2, 0.25) is 5.02 Å². The fourth-order valence-corrected chi connectivity index (χ4v) is 5.39. The van der Waals surface area contributed by atoms with E-state index in [1.165, 1.54) is 0 Å². The number of amides is 1. The average molecular weight is 394 g/mol. The van der Waals surface area contributed by atoms with Crippen LogP contribution in [0, 0.1) is 23.2 Å². The standard InChI is InChI=1S/C22H20ClN3O2/c23-20-10-17(4-3-13(20)11-24)28-18-8-14-6-16(7-15(14)9-18)26-12-21-19(22(26)27)2-1-5-25-21/h1-5,10,14-16,18H,6-9,12H2. The molecule has 0 radical (unpaired) electrons. The Morgan fingerprint density at radius 2 is 1.96 bits per heavy atom. The predicted molar refractivity (Wildman–Crippen MR) is 104 cm³/mol. The minimum atomic E-state index is 0.132. The number of aromatic nitrogens is 1. The van der Waals surface area contributed by atoms with Crippen molar-refractivity contribution in [2.45, 2.75) is 44.4 Å². The van der Waals surface area contributed by atoms with Crippen molar-refractivity contribution in [3.63, 3.8) is 0 Å². The first kappa shape index (κ1) is 17.5. The smallest absolute Gasteiger partial charge is 0.256 e. The maximum atomic E-state index is 12.7. The van der Waals surface area contributed by atoms with E-state index < -0.39 is 0 Å². The van der Waals surface area contributed by atoms with Gasteiger partial charge in [-0.25, -0.2) is 0 Å². The summed E-state index contributed by atoms with van der Waals surface area (Å²) in [6.45, 7) is 0.642. The maximum absolute atomic E-state index is 12.7. The second-order valence-corrected chi connectivity index (χ2v) is 8.45. The summed E-state index contributed by atoms with van der Waals surface area (Å²) in [7, 11) is 0. The third kappa shape index (κ3) is 2.93. The van der Waals surface area contributed by atoms with Crippen molar-refractivity contribution < 1.29 is 9.53 Å². The summed E-state index contributed by atoms with van der Waals surface area (Å²) >= 11 is 6.11. The lowest BCUT2D eigenvalue weighted by Gasteiger charge is -2.25. The van der Waals surface area contributed by atoms with E-state index in [9.17, 15) is 4.79 Å². The Labute approximate surface area is 168 Å². The van der Waals surface area contributed by atoms with Gasteiger partial charge in [0.2, 0.25) is 0 Å². The normalized spacial score (nSPS) is 28.1. The largest absolute Gasteiger partial charge is 0.490 e. The van der Waals surface area contributed by atoms with Crippen LogP contribution in [-0.4, -0.2) is 27.9 Å². The van der Waals surface area contributed by atoms with Gasteiger partial charge in [0.05, 0.1) is 34.5 Å². The van der Waals surface area contributed by atoms with Gasteiger partial charge in [0.1, 0.15) is 11.8 Å². The highest BCUT2D eigenvalue weighted by atomic mass is 35.5. The topological polar surface area (TPSA) is 66.2 Å². The zero-order valence-electron chi connectivity index (χ0n) is 15.3. The number of fused-ring (bicyclic) bond motifs is 2. The number of ether oxygens (including phenoxy) is 1. The molecule has 28 heavy (non-hydrogen) atoms. The fraction of sp³-hybridized carbons (Fsp3) is 0.409. The summed E-state index contributed by atoms with van der Waals surface area (Å²) in [5.41, 5.74) is 2.13. The molecule has 1 aromatic heterocycles. The summed E-state index contributed by atoms with van der Waals surface area (Å²) in [5, 5.41) is 9.42. The van der Waals surface area contributed by atoms with Crippen LogP contribution in [0.1, 0.15) is 47.3 Å². The SMILES string of the molecule is N#Cc1ccc(OC2CC3CC(N4Cc5ncccc5C4=O)CC3C2)cc1Cl. The summed E-state index contributed by atoms with van der Waals surface area (Å²) < 4.78 is 6.14. The first-order valence-electron chi connectivity index (χ1n) is 9.73. The molecule has 2 heterocycles. The summed E-state index contributed by atoms with van der Waals surface area (Å²) in [4.78, 5) is 19.1. The van der Waals surface area contributed by atoms with Crippen LogP contribution >= 0.6 is 11.6 Å². The van der Waals surface area contributed by atoms with Gasteiger partial charge in [-0.15, -0.1) is 0 Å². The van der Waals surface area contributed by atoms with Gasteiger partial charge in [0, 0.05) is 18.3 Å². The highest BCUT2D eigenvalue weighted by molar-refractivity contribution is 6.31. The molecule has 2 unspecified atom stereocenters. The Balaban J connectivity index is 1.21. The Bertz CT molecular complexity index is 972. The van der Waals surface area contributed by atoms with E-state index in [0.29, 0.717) is 35.0 Å². The van der Waals surface area contributed by atoms with Crippen molar-refractivity contribution in [3.8, 4) is 11.8 Å². The number of hydrogen-bond donors (Lipinski definition) is 0. The molecule has 3 aliphatic rings. The van der Waals surface area contributed by atoms with E-state index in [0.717, 1.165) is 42.7 Å². The number of rotatable bonds is 3. The highest BCUT2D eigenvalue weighted by Gasteiger charge is 2.46. The first-order chi connectivity index (χ1) is 13.6. The second-order valence-electron chi connectivity index (χ2n) is 8.04. The van der Waals surface area contributed by atoms with E-state index in [2.05, 4.69) is 11.1 Å². The van der Waals surface area contributed by atoms with Gasteiger partial charge in [-0.05, 0) is 61.8 Å². The van der Waals surface area contributed by atoms with E-state index in [1.807, 2.05) is 23.1 Å². The van der Waals surface area contributed by atoms with Gasteiger partial charge < -0.3 is 9.64 Å². The van der Waals surface area contributed by atoms with Crippen LogP contribution in [0.3, 0.4) is 0 Å². The lowest BCUT2D eigenvalue weighted by molar-refractivity contribution is 0.0693. The molecule has 5 rings (SSSR count). The van der Waals surface area contributed by atoms with E-state index in [4.69, 9.17) is 21.6 Å². The van der Waals surface area contributed by atoms with Crippen molar-refractivity contribution in [1.82, 2.24) is 9.88 Å². The minimum absolute atomic E-state index is 0.132. The van der Waals surface area contributed by atoms with Gasteiger partial charge in [0.25, 0.3) is 5.91 Å². The lowest BCUT2D eigenvalue weighted by Crippen LogP contribution is -2.34. The predicted octanol–water partition coefficient (Wildman–Crippen LogP) is 4.20. The number of nitrogens with zero attached hydrogens (tertiary/aromatic N) is 3. The number of carbonyl (C=O) groups is 1. The molecule has 2 aliphatic carbocycles. The molecule has 1 aromatic carbocycles. The van der Waals surface area contributed by atoms with Crippen LogP contribution in [0.15, 0.2) is 36.5 Å². The molecule has 0 bridgehead atoms. The zero-order chi connectivity index (χ0) is 19.3. The molecule has 6 heteroatoms. The van der Waals surface area contributed by atoms with Gasteiger partial charge in [-0.1, -0.05) is 11.6 Å². The molecule has 2 aromatic rings. The molecule has 142 valence electrons. The number of hydrogen-bond acceptors (Lipinski definition) is 4. The monoisotopic (exact) mass is 393 g/mol. The van der Waals surface area contributed by atoms with E-state index in [-0.39, 0.29) is 12.0 Å². The fourth-order valence-electron chi connectivity index (χ4n) is 5.17. The molecule has 0 N–H and O–H groups in total. The van der Waals surface area contributed by atoms with Gasteiger partial charge >= 0.3 is 0 Å². The molecule has 2 fully saturated rings. The van der Waals surface area contributed by atoms with Crippen LogP contribution < -0.4 is 4.74 Å². The summed E-state index contributed by atoms with van der Waals surface area (Å²) in [6, 6.07) is 11.3. The van der Waals surface area contributed by atoms with Crippen LogP contribution in [-0.2, 0) is 6.54 Å². The number of benzene rings is 1. The van der Waals surface area contributed by atoms with Crippen molar-refractivity contribution in [1.29, 1.82) is 5.26 Å². The van der Waals surface area contributed by atoms with Gasteiger partial charge in [-0.2, -0.15) is 5.26 Å². The molecule has 1 aliphatic heterocycles. The molecule has 5 nitrogen and oxygen atoms in total. The molecule has 1 amide bonds. The van der Waals surface area contributed by atoms with Crippen molar-refractivity contribution in [3.05, 3.63) is 58.4 Å². The molecule has 0 saturated heterocycles. The van der Waals surface area contributed by atoms with Gasteiger partial charge in [-0.3, -0.25) is 9.78 Å².